The number of rotatable bonds is 13. The lowest BCUT2D eigenvalue weighted by atomic mass is 9.89. The Morgan fingerprint density at radius 1 is 1.18 bits per heavy atom. The van der Waals surface area contributed by atoms with Gasteiger partial charge in [0.05, 0.1) is 24.8 Å². The molecule has 8 nitrogen and oxygen atoms in total. The maximum atomic E-state index is 12.6. The molecule has 1 aromatic carbocycles. The number of nitrogens with one attached hydrogen (secondary N) is 2. The molecule has 0 saturated carbocycles. The molecule has 0 fully saturated rings. The molecule has 0 aliphatic heterocycles. The second kappa shape index (κ2) is 12.6. The van der Waals surface area contributed by atoms with Crippen LogP contribution >= 0.6 is 0 Å². The van der Waals surface area contributed by atoms with Gasteiger partial charge in [-0.15, -0.1) is 0 Å². The van der Waals surface area contributed by atoms with Crippen LogP contribution in [0.3, 0.4) is 0 Å². The van der Waals surface area contributed by atoms with Gasteiger partial charge in [0.1, 0.15) is 17.5 Å². The van der Waals surface area contributed by atoms with Crippen LogP contribution in [0.25, 0.3) is 0 Å². The Hall–Kier alpha value is -2.52. The predicted molar refractivity (Wildman–Crippen MR) is 127 cm³/mol. The molecule has 2 unspecified atom stereocenters. The minimum atomic E-state index is -0.898. The molecule has 33 heavy (non-hydrogen) atoms. The summed E-state index contributed by atoms with van der Waals surface area (Å²) in [6, 6.07) is 10.9. The van der Waals surface area contributed by atoms with Crippen LogP contribution in [-0.2, 0) is 17.8 Å². The van der Waals surface area contributed by atoms with Crippen LogP contribution in [0.4, 0.5) is 0 Å². The van der Waals surface area contributed by atoms with E-state index < -0.39 is 12.7 Å². The average Bonchev–Trinajstić information content (AvgIpc) is 2.79. The third-order valence-electron chi connectivity index (χ3n) is 5.54. The molecule has 1 heterocycles. The summed E-state index contributed by atoms with van der Waals surface area (Å²) in [5.74, 6) is -0.444. The monoisotopic (exact) mass is 459 g/mol. The van der Waals surface area contributed by atoms with Crippen molar-refractivity contribution in [2.24, 2.45) is 0 Å². The molecular weight excluding hydrogens is 422 g/mol. The van der Waals surface area contributed by atoms with Gasteiger partial charge in [-0.3, -0.25) is 4.79 Å². The van der Waals surface area contributed by atoms with Crippen molar-refractivity contribution in [1.82, 2.24) is 15.6 Å². The minimum absolute atomic E-state index is 0.0767. The summed E-state index contributed by atoms with van der Waals surface area (Å²) in [4.78, 5) is 16.7. The molecule has 2 aromatic rings. The highest BCUT2D eigenvalue weighted by Crippen LogP contribution is 2.25. The molecule has 6 N–H and O–H groups in total. The molecule has 182 valence electrons. The van der Waals surface area contributed by atoms with E-state index in [9.17, 15) is 20.1 Å². The number of pyridine rings is 1. The SMILES string of the molecule is CCCC(C(=O)NCCO)c1cccc(CC(C)(C)NCC(O)c2ccc(O)c(CO)n2)c1. The Kier molecular flexibility index (Phi) is 10.2. The fraction of sp³-hybridized carbons (Fsp3) is 0.520. The van der Waals surface area contributed by atoms with E-state index in [1.807, 2.05) is 45.0 Å². The first-order valence-electron chi connectivity index (χ1n) is 11.4. The molecule has 1 amide bonds. The van der Waals surface area contributed by atoms with Gasteiger partial charge in [0.2, 0.25) is 5.91 Å². The van der Waals surface area contributed by atoms with Crippen molar-refractivity contribution in [3.8, 4) is 5.75 Å². The second-order valence-corrected chi connectivity index (χ2v) is 8.92. The summed E-state index contributed by atoms with van der Waals surface area (Å²) in [6.07, 6.45) is 1.38. The van der Waals surface area contributed by atoms with Crippen LogP contribution in [-0.4, -0.2) is 56.6 Å². The maximum Gasteiger partial charge on any atom is 0.227 e. The van der Waals surface area contributed by atoms with E-state index in [1.54, 1.807) is 0 Å². The van der Waals surface area contributed by atoms with Crippen molar-refractivity contribution in [1.29, 1.82) is 0 Å². The largest absolute Gasteiger partial charge is 0.506 e. The smallest absolute Gasteiger partial charge is 0.227 e. The Labute approximate surface area is 195 Å². The standard InChI is InChI=1S/C25H37N3O5/c1-4-6-19(24(33)26-11-12-29)18-8-5-7-17(13-18)14-25(2,3)27-15-23(32)20-9-10-22(31)21(16-30)28-20/h5,7-10,13,19,23,27,29-32H,4,6,11-12,14-16H2,1-3H3,(H,26,33). The van der Waals surface area contributed by atoms with Gasteiger partial charge in [0.15, 0.2) is 0 Å². The zero-order valence-electron chi connectivity index (χ0n) is 19.7. The molecule has 0 radical (unpaired) electrons. The molecule has 0 bridgehead atoms. The van der Waals surface area contributed by atoms with E-state index in [2.05, 4.69) is 15.6 Å². The van der Waals surface area contributed by atoms with Gasteiger partial charge in [0.25, 0.3) is 0 Å². The lowest BCUT2D eigenvalue weighted by molar-refractivity contribution is -0.122. The second-order valence-electron chi connectivity index (χ2n) is 8.92. The van der Waals surface area contributed by atoms with E-state index in [4.69, 9.17) is 5.11 Å². The summed E-state index contributed by atoms with van der Waals surface area (Å²) in [5, 5.41) is 44.6. The van der Waals surface area contributed by atoms with E-state index in [1.165, 1.54) is 12.1 Å². The quantitative estimate of drug-likeness (QED) is 0.269. The van der Waals surface area contributed by atoms with Gasteiger partial charge in [-0.05, 0) is 49.9 Å². The van der Waals surface area contributed by atoms with Gasteiger partial charge in [-0.1, -0.05) is 37.6 Å². The number of nitrogens with zero attached hydrogens (tertiary/aromatic N) is 1. The molecule has 1 aromatic heterocycles. The highest BCUT2D eigenvalue weighted by atomic mass is 16.3. The zero-order valence-corrected chi connectivity index (χ0v) is 19.7. The van der Waals surface area contributed by atoms with E-state index in [0.29, 0.717) is 12.1 Å². The first-order valence-corrected chi connectivity index (χ1v) is 11.4. The van der Waals surface area contributed by atoms with Gasteiger partial charge >= 0.3 is 0 Å². The molecular formula is C25H37N3O5. The number of hydrogen-bond donors (Lipinski definition) is 6. The molecule has 2 rings (SSSR count). The number of aromatic nitrogens is 1. The van der Waals surface area contributed by atoms with Crippen LogP contribution in [0.15, 0.2) is 36.4 Å². The van der Waals surface area contributed by atoms with Crippen molar-refractivity contribution in [3.05, 3.63) is 58.9 Å². The summed E-state index contributed by atoms with van der Waals surface area (Å²) in [6.45, 7) is 6.11. The highest BCUT2D eigenvalue weighted by Gasteiger charge is 2.23. The van der Waals surface area contributed by atoms with E-state index in [0.717, 1.165) is 24.0 Å². The topological polar surface area (TPSA) is 135 Å². The number of carbonyl (C=O) groups is 1. The van der Waals surface area contributed by atoms with Crippen LogP contribution in [0, 0.1) is 0 Å². The number of aliphatic hydroxyl groups excluding tert-OH is 3. The fourth-order valence-electron chi connectivity index (χ4n) is 3.82. The van der Waals surface area contributed by atoms with Gasteiger partial charge in [-0.2, -0.15) is 0 Å². The van der Waals surface area contributed by atoms with Crippen molar-refractivity contribution in [3.63, 3.8) is 0 Å². The van der Waals surface area contributed by atoms with Gasteiger partial charge in [-0.25, -0.2) is 4.98 Å². The third-order valence-corrected chi connectivity index (χ3v) is 5.54. The summed E-state index contributed by atoms with van der Waals surface area (Å²) < 4.78 is 0. The molecule has 0 aliphatic rings. The number of benzene rings is 1. The Morgan fingerprint density at radius 3 is 2.61 bits per heavy atom. The lowest BCUT2D eigenvalue weighted by Crippen LogP contribution is -2.43. The van der Waals surface area contributed by atoms with Crippen LogP contribution in [0.1, 0.15) is 68.1 Å². The number of aromatic hydroxyl groups is 1. The maximum absolute atomic E-state index is 12.6. The van der Waals surface area contributed by atoms with Crippen molar-refractivity contribution >= 4 is 5.91 Å². The van der Waals surface area contributed by atoms with Crippen molar-refractivity contribution in [2.75, 3.05) is 19.7 Å². The van der Waals surface area contributed by atoms with Crippen LogP contribution in [0.5, 0.6) is 5.75 Å². The average molecular weight is 460 g/mol. The molecule has 0 aliphatic carbocycles. The van der Waals surface area contributed by atoms with Crippen LogP contribution in [0.2, 0.25) is 0 Å². The van der Waals surface area contributed by atoms with Crippen LogP contribution < -0.4 is 10.6 Å². The van der Waals surface area contributed by atoms with E-state index >= 15 is 0 Å². The number of carbonyl (C=O) groups excluding carboxylic acids is 1. The Morgan fingerprint density at radius 2 is 1.94 bits per heavy atom. The van der Waals surface area contributed by atoms with Crippen molar-refractivity contribution in [2.45, 2.75) is 64.2 Å². The first kappa shape index (κ1) is 26.7. The summed E-state index contributed by atoms with van der Waals surface area (Å²) in [7, 11) is 0. The van der Waals surface area contributed by atoms with Gasteiger partial charge < -0.3 is 31.1 Å². The van der Waals surface area contributed by atoms with Gasteiger partial charge in [0, 0.05) is 18.6 Å². The number of hydrogen-bond acceptors (Lipinski definition) is 7. The molecule has 0 saturated heterocycles. The fourth-order valence-corrected chi connectivity index (χ4v) is 3.82. The lowest BCUT2D eigenvalue weighted by Gasteiger charge is -2.28. The zero-order chi connectivity index (χ0) is 24.4. The molecule has 2 atom stereocenters. The minimum Gasteiger partial charge on any atom is -0.506 e. The number of amides is 1. The molecule has 8 heteroatoms. The van der Waals surface area contributed by atoms with E-state index in [-0.39, 0.29) is 48.5 Å². The Balaban J connectivity index is 2.05. The normalized spacial score (nSPS) is 13.5. The first-order chi connectivity index (χ1) is 15.7. The highest BCUT2D eigenvalue weighted by molar-refractivity contribution is 5.83. The summed E-state index contributed by atoms with van der Waals surface area (Å²) >= 11 is 0. The number of aliphatic hydroxyl groups is 3. The third kappa shape index (κ3) is 8.08. The Bertz CT molecular complexity index is 903. The molecule has 0 spiro atoms. The number of β-amino-alcohol motifs (C(OH)–C–C–N with tert-alkyl or cyclic N) is 1. The predicted octanol–water partition coefficient (Wildman–Crippen LogP) is 1.92. The summed E-state index contributed by atoms with van der Waals surface area (Å²) in [5.41, 5.74) is 2.17. The van der Waals surface area contributed by atoms with Crippen molar-refractivity contribution < 1.29 is 25.2 Å².